The summed E-state index contributed by atoms with van der Waals surface area (Å²) in [5.74, 6) is 0. The largest absolute Gasteiger partial charge is 0.310 e. The first kappa shape index (κ1) is 13.8. The summed E-state index contributed by atoms with van der Waals surface area (Å²) in [6, 6.07) is 1.86. The Labute approximate surface area is 116 Å². The maximum absolute atomic E-state index is 11.7. The van der Waals surface area contributed by atoms with E-state index in [1.807, 2.05) is 0 Å². The molecule has 0 radical (unpaired) electrons. The van der Waals surface area contributed by atoms with Crippen molar-refractivity contribution in [2.24, 2.45) is 0 Å². The number of rotatable bonds is 4. The Morgan fingerprint density at radius 1 is 1.05 bits per heavy atom. The van der Waals surface area contributed by atoms with Crippen LogP contribution in [0.25, 0.3) is 0 Å². The molecule has 3 atom stereocenters. The molecule has 1 aliphatic heterocycles. The summed E-state index contributed by atoms with van der Waals surface area (Å²) >= 11 is 0. The summed E-state index contributed by atoms with van der Waals surface area (Å²) in [4.78, 5) is 2.61. The van der Waals surface area contributed by atoms with Gasteiger partial charge in [-0.1, -0.05) is 6.42 Å². The number of nitrogens with zero attached hydrogens (tertiary/aromatic N) is 1. The highest BCUT2D eigenvalue weighted by Crippen LogP contribution is 2.30. The minimum absolute atomic E-state index is 0.111. The lowest BCUT2D eigenvalue weighted by Crippen LogP contribution is -2.44. The third kappa shape index (κ3) is 3.50. The van der Waals surface area contributed by atoms with Crippen LogP contribution in [0.1, 0.15) is 44.9 Å². The Balaban J connectivity index is 1.49. The summed E-state index contributed by atoms with van der Waals surface area (Å²) in [5.41, 5.74) is 0. The summed E-state index contributed by atoms with van der Waals surface area (Å²) in [6.07, 6.45) is 9.26. The van der Waals surface area contributed by atoms with Crippen LogP contribution in [0.4, 0.5) is 0 Å². The molecule has 1 N–H and O–H groups in total. The number of nitrogens with one attached hydrogen (secondary N) is 1. The second-order valence-electron chi connectivity index (χ2n) is 6.69. The summed E-state index contributed by atoms with van der Waals surface area (Å²) in [5, 5.41) is 3.61. The van der Waals surface area contributed by atoms with Gasteiger partial charge in [0.15, 0.2) is 0 Å². The predicted molar refractivity (Wildman–Crippen MR) is 77.0 cm³/mol. The molecule has 3 aliphatic rings. The number of likely N-dealkylation sites (tertiary alicyclic amines) is 1. The molecule has 4 nitrogen and oxygen atoms in total. The Bertz CT molecular complexity index is 419. The van der Waals surface area contributed by atoms with E-state index in [9.17, 15) is 8.42 Å². The van der Waals surface area contributed by atoms with Crippen molar-refractivity contribution in [3.8, 4) is 0 Å². The molecule has 0 spiro atoms. The predicted octanol–water partition coefficient (Wildman–Crippen LogP) is 1.17. The van der Waals surface area contributed by atoms with Crippen LogP contribution >= 0.6 is 0 Å². The highest BCUT2D eigenvalue weighted by Gasteiger charge is 2.36. The lowest BCUT2D eigenvalue weighted by molar-refractivity contribution is 0.297. The molecule has 0 aromatic heterocycles. The van der Waals surface area contributed by atoms with Crippen LogP contribution in [-0.2, 0) is 9.84 Å². The molecule has 19 heavy (non-hydrogen) atoms. The van der Waals surface area contributed by atoms with E-state index in [1.54, 1.807) is 0 Å². The van der Waals surface area contributed by atoms with E-state index >= 15 is 0 Å². The topological polar surface area (TPSA) is 49.4 Å². The SMILES string of the molecule is CS(=O)(=O)C1CCCC(NC2CCN(C3CC3)C2)C1. The third-order valence-corrected chi connectivity index (χ3v) is 6.63. The summed E-state index contributed by atoms with van der Waals surface area (Å²) < 4.78 is 23.4. The Morgan fingerprint density at radius 2 is 1.84 bits per heavy atom. The van der Waals surface area contributed by atoms with E-state index in [2.05, 4.69) is 10.2 Å². The summed E-state index contributed by atoms with van der Waals surface area (Å²) in [6.45, 7) is 2.40. The fraction of sp³-hybridized carbons (Fsp3) is 1.00. The molecule has 3 fully saturated rings. The highest BCUT2D eigenvalue weighted by atomic mass is 32.2. The fourth-order valence-electron chi connectivity index (χ4n) is 3.71. The molecule has 2 saturated carbocycles. The van der Waals surface area contributed by atoms with Crippen LogP contribution in [0.2, 0.25) is 0 Å². The van der Waals surface area contributed by atoms with Gasteiger partial charge in [-0.2, -0.15) is 0 Å². The van der Waals surface area contributed by atoms with Gasteiger partial charge in [0.25, 0.3) is 0 Å². The van der Waals surface area contributed by atoms with Gasteiger partial charge >= 0.3 is 0 Å². The minimum atomic E-state index is -2.86. The molecule has 3 unspecified atom stereocenters. The third-order valence-electron chi connectivity index (χ3n) is 4.99. The van der Waals surface area contributed by atoms with Gasteiger partial charge in [-0.25, -0.2) is 8.42 Å². The first-order valence-corrected chi connectivity index (χ1v) is 9.67. The van der Waals surface area contributed by atoms with Gasteiger partial charge in [0.1, 0.15) is 9.84 Å². The van der Waals surface area contributed by atoms with E-state index in [-0.39, 0.29) is 5.25 Å². The second-order valence-corrected chi connectivity index (χ2v) is 9.02. The molecule has 2 aliphatic carbocycles. The van der Waals surface area contributed by atoms with E-state index in [0.717, 1.165) is 31.7 Å². The van der Waals surface area contributed by atoms with Crippen molar-refractivity contribution in [2.75, 3.05) is 19.3 Å². The standard InChI is InChI=1S/C14H26N2O2S/c1-19(17,18)14-4-2-3-11(9-14)15-12-7-8-16(10-12)13-5-6-13/h11-15H,2-10H2,1H3. The maximum Gasteiger partial charge on any atom is 0.150 e. The lowest BCUT2D eigenvalue weighted by atomic mass is 9.94. The molecule has 3 rings (SSSR count). The average molecular weight is 286 g/mol. The zero-order chi connectivity index (χ0) is 13.5. The van der Waals surface area contributed by atoms with Gasteiger partial charge < -0.3 is 5.32 Å². The quantitative estimate of drug-likeness (QED) is 0.843. The van der Waals surface area contributed by atoms with E-state index in [4.69, 9.17) is 0 Å². The molecular formula is C14H26N2O2S. The van der Waals surface area contributed by atoms with Crippen LogP contribution < -0.4 is 5.32 Å². The van der Waals surface area contributed by atoms with Crippen LogP contribution in [0.15, 0.2) is 0 Å². The monoisotopic (exact) mass is 286 g/mol. The molecule has 0 amide bonds. The number of hydrogen-bond donors (Lipinski definition) is 1. The van der Waals surface area contributed by atoms with Crippen molar-refractivity contribution in [1.82, 2.24) is 10.2 Å². The van der Waals surface area contributed by atoms with E-state index in [1.165, 1.54) is 38.6 Å². The average Bonchev–Trinajstić information content (AvgIpc) is 3.10. The molecule has 0 aromatic rings. The maximum atomic E-state index is 11.7. The Kier molecular flexibility index (Phi) is 3.89. The first-order chi connectivity index (χ1) is 9.02. The van der Waals surface area contributed by atoms with Crippen molar-refractivity contribution < 1.29 is 8.42 Å². The van der Waals surface area contributed by atoms with Gasteiger partial charge in [0, 0.05) is 37.5 Å². The molecule has 5 heteroatoms. The van der Waals surface area contributed by atoms with Crippen LogP contribution in [0.3, 0.4) is 0 Å². The smallest absolute Gasteiger partial charge is 0.150 e. The summed E-state index contributed by atoms with van der Waals surface area (Å²) in [7, 11) is -2.86. The molecule has 1 heterocycles. The van der Waals surface area contributed by atoms with E-state index in [0.29, 0.717) is 12.1 Å². The molecule has 1 saturated heterocycles. The molecule has 0 bridgehead atoms. The van der Waals surface area contributed by atoms with Crippen molar-refractivity contribution in [2.45, 2.75) is 68.3 Å². The zero-order valence-corrected chi connectivity index (χ0v) is 12.7. The molecular weight excluding hydrogens is 260 g/mol. The van der Waals surface area contributed by atoms with Gasteiger partial charge in [-0.15, -0.1) is 0 Å². The normalized spacial score (nSPS) is 37.6. The molecule has 110 valence electrons. The van der Waals surface area contributed by atoms with Crippen molar-refractivity contribution in [1.29, 1.82) is 0 Å². The highest BCUT2D eigenvalue weighted by molar-refractivity contribution is 7.91. The fourth-order valence-corrected chi connectivity index (χ4v) is 4.89. The lowest BCUT2D eigenvalue weighted by Gasteiger charge is -2.31. The minimum Gasteiger partial charge on any atom is -0.310 e. The van der Waals surface area contributed by atoms with E-state index < -0.39 is 9.84 Å². The number of sulfone groups is 1. The van der Waals surface area contributed by atoms with Crippen molar-refractivity contribution >= 4 is 9.84 Å². The van der Waals surface area contributed by atoms with Gasteiger partial charge in [0.2, 0.25) is 0 Å². The zero-order valence-electron chi connectivity index (χ0n) is 11.8. The Hall–Kier alpha value is -0.130. The first-order valence-electron chi connectivity index (χ1n) is 7.71. The van der Waals surface area contributed by atoms with Crippen LogP contribution in [-0.4, -0.2) is 56.0 Å². The Morgan fingerprint density at radius 3 is 2.53 bits per heavy atom. The van der Waals surface area contributed by atoms with Gasteiger partial charge in [-0.05, 0) is 38.5 Å². The van der Waals surface area contributed by atoms with Crippen LogP contribution in [0.5, 0.6) is 0 Å². The van der Waals surface area contributed by atoms with Crippen LogP contribution in [0, 0.1) is 0 Å². The van der Waals surface area contributed by atoms with Crippen molar-refractivity contribution in [3.63, 3.8) is 0 Å². The van der Waals surface area contributed by atoms with Crippen molar-refractivity contribution in [3.05, 3.63) is 0 Å². The van der Waals surface area contributed by atoms with Gasteiger partial charge in [-0.3, -0.25) is 4.90 Å². The molecule has 0 aromatic carbocycles. The second kappa shape index (κ2) is 5.34. The van der Waals surface area contributed by atoms with Gasteiger partial charge in [0.05, 0.1) is 5.25 Å². The number of hydrogen-bond acceptors (Lipinski definition) is 4.